The Bertz CT molecular complexity index is 419. The predicted octanol–water partition coefficient (Wildman–Crippen LogP) is 0.650. The molecule has 0 N–H and O–H groups in total. The summed E-state index contributed by atoms with van der Waals surface area (Å²) >= 11 is 0. The molecule has 1 aromatic rings. The Kier molecular flexibility index (Phi) is 3.84. The SMILES string of the molecule is CC1CCn2c(CCN3CCN(C)CC3)nnc2C1. The van der Waals surface area contributed by atoms with Gasteiger partial charge in [-0.1, -0.05) is 6.92 Å². The summed E-state index contributed by atoms with van der Waals surface area (Å²) in [6, 6.07) is 0. The lowest BCUT2D eigenvalue weighted by Crippen LogP contribution is -2.45. The van der Waals surface area contributed by atoms with E-state index < -0.39 is 0 Å². The van der Waals surface area contributed by atoms with Crippen LogP contribution >= 0.6 is 0 Å². The number of fused-ring (bicyclic) bond motifs is 1. The van der Waals surface area contributed by atoms with Gasteiger partial charge in [-0.05, 0) is 19.4 Å². The Hall–Kier alpha value is -0.940. The van der Waals surface area contributed by atoms with Crippen LogP contribution in [0.5, 0.6) is 0 Å². The molecule has 1 saturated heterocycles. The minimum absolute atomic E-state index is 0.766. The first-order valence-corrected chi connectivity index (χ1v) is 7.54. The first-order valence-electron chi connectivity index (χ1n) is 7.54. The van der Waals surface area contributed by atoms with Gasteiger partial charge in [0.25, 0.3) is 0 Å². The fourth-order valence-electron chi connectivity index (χ4n) is 3.06. The molecule has 0 radical (unpaired) electrons. The Labute approximate surface area is 115 Å². The van der Waals surface area contributed by atoms with Gasteiger partial charge in [-0.2, -0.15) is 0 Å². The Morgan fingerprint density at radius 2 is 1.89 bits per heavy atom. The molecular weight excluding hydrogens is 238 g/mol. The van der Waals surface area contributed by atoms with E-state index in [1.807, 2.05) is 0 Å². The van der Waals surface area contributed by atoms with Crippen LogP contribution in [0.25, 0.3) is 0 Å². The smallest absolute Gasteiger partial charge is 0.134 e. The number of likely N-dealkylation sites (N-methyl/N-ethyl adjacent to an activating group) is 1. The molecule has 1 atom stereocenters. The van der Waals surface area contributed by atoms with Crippen molar-refractivity contribution in [3.05, 3.63) is 11.6 Å². The number of piperazine rings is 1. The summed E-state index contributed by atoms with van der Waals surface area (Å²) in [7, 11) is 2.20. The van der Waals surface area contributed by atoms with Crippen molar-refractivity contribution >= 4 is 0 Å². The Morgan fingerprint density at radius 1 is 1.11 bits per heavy atom. The van der Waals surface area contributed by atoms with Crippen molar-refractivity contribution in [1.82, 2.24) is 24.6 Å². The minimum atomic E-state index is 0.766. The summed E-state index contributed by atoms with van der Waals surface area (Å²) in [6.07, 6.45) is 3.42. The highest BCUT2D eigenvalue weighted by Gasteiger charge is 2.21. The van der Waals surface area contributed by atoms with E-state index in [1.165, 1.54) is 44.2 Å². The third-order valence-corrected chi connectivity index (χ3v) is 4.53. The molecule has 19 heavy (non-hydrogen) atoms. The molecule has 5 nitrogen and oxygen atoms in total. The zero-order valence-electron chi connectivity index (χ0n) is 12.2. The van der Waals surface area contributed by atoms with E-state index in [2.05, 4.69) is 38.5 Å². The molecule has 3 heterocycles. The highest BCUT2D eigenvalue weighted by Crippen LogP contribution is 2.19. The lowest BCUT2D eigenvalue weighted by Gasteiger charge is -2.32. The van der Waals surface area contributed by atoms with Crippen LogP contribution in [0.1, 0.15) is 25.0 Å². The second kappa shape index (κ2) is 5.59. The fraction of sp³-hybridized carbons (Fsp3) is 0.857. The van der Waals surface area contributed by atoms with Gasteiger partial charge in [-0.25, -0.2) is 0 Å². The average molecular weight is 263 g/mol. The van der Waals surface area contributed by atoms with E-state index in [4.69, 9.17) is 0 Å². The Balaban J connectivity index is 1.56. The van der Waals surface area contributed by atoms with E-state index >= 15 is 0 Å². The molecule has 0 aliphatic carbocycles. The molecule has 1 unspecified atom stereocenters. The summed E-state index contributed by atoms with van der Waals surface area (Å²) in [6.45, 7) is 9.30. The number of aromatic nitrogens is 3. The van der Waals surface area contributed by atoms with Crippen molar-refractivity contribution < 1.29 is 0 Å². The zero-order valence-corrected chi connectivity index (χ0v) is 12.2. The van der Waals surface area contributed by atoms with E-state index in [0.29, 0.717) is 0 Å². The van der Waals surface area contributed by atoms with Gasteiger partial charge in [0.15, 0.2) is 0 Å². The van der Waals surface area contributed by atoms with Crippen LogP contribution in [0.4, 0.5) is 0 Å². The maximum atomic E-state index is 4.41. The standard InChI is InChI=1S/C14H25N5/c1-12-3-6-19-13(15-16-14(19)11-12)4-5-18-9-7-17(2)8-10-18/h12H,3-11H2,1-2H3. The van der Waals surface area contributed by atoms with Crippen LogP contribution in [-0.4, -0.2) is 64.3 Å². The molecular formula is C14H25N5. The normalized spacial score (nSPS) is 25.5. The van der Waals surface area contributed by atoms with Gasteiger partial charge in [0, 0.05) is 52.1 Å². The number of rotatable bonds is 3. The number of hydrogen-bond donors (Lipinski definition) is 0. The average Bonchev–Trinajstić information content (AvgIpc) is 2.80. The van der Waals surface area contributed by atoms with Gasteiger partial charge in [0.05, 0.1) is 0 Å². The maximum absolute atomic E-state index is 4.41. The van der Waals surface area contributed by atoms with Gasteiger partial charge < -0.3 is 14.4 Å². The molecule has 0 aromatic carbocycles. The topological polar surface area (TPSA) is 37.2 Å². The van der Waals surface area contributed by atoms with Crippen molar-refractivity contribution in [3.63, 3.8) is 0 Å². The number of hydrogen-bond acceptors (Lipinski definition) is 4. The second-order valence-corrected chi connectivity index (χ2v) is 6.18. The predicted molar refractivity (Wildman–Crippen MR) is 75.1 cm³/mol. The lowest BCUT2D eigenvalue weighted by atomic mass is 10.0. The van der Waals surface area contributed by atoms with Crippen LogP contribution in [0.2, 0.25) is 0 Å². The Morgan fingerprint density at radius 3 is 2.68 bits per heavy atom. The van der Waals surface area contributed by atoms with Crippen LogP contribution in [0, 0.1) is 5.92 Å². The fourth-order valence-corrected chi connectivity index (χ4v) is 3.06. The van der Waals surface area contributed by atoms with Gasteiger partial charge in [-0.15, -0.1) is 10.2 Å². The molecule has 0 bridgehead atoms. The van der Waals surface area contributed by atoms with Crippen molar-refractivity contribution in [1.29, 1.82) is 0 Å². The molecule has 0 spiro atoms. The molecule has 5 heteroatoms. The molecule has 106 valence electrons. The summed E-state index contributed by atoms with van der Waals surface area (Å²) in [4.78, 5) is 4.95. The summed E-state index contributed by atoms with van der Waals surface area (Å²) in [5, 5.41) is 8.78. The summed E-state index contributed by atoms with van der Waals surface area (Å²) in [5.74, 6) is 3.16. The first-order chi connectivity index (χ1) is 9.22. The molecule has 0 saturated carbocycles. The first kappa shape index (κ1) is 13.1. The summed E-state index contributed by atoms with van der Waals surface area (Å²) in [5.41, 5.74) is 0. The summed E-state index contributed by atoms with van der Waals surface area (Å²) < 4.78 is 2.36. The molecule has 3 rings (SSSR count). The van der Waals surface area contributed by atoms with E-state index in [-0.39, 0.29) is 0 Å². The molecule has 2 aliphatic heterocycles. The van der Waals surface area contributed by atoms with Gasteiger partial charge >= 0.3 is 0 Å². The zero-order chi connectivity index (χ0) is 13.2. The number of nitrogens with zero attached hydrogens (tertiary/aromatic N) is 5. The van der Waals surface area contributed by atoms with E-state index in [1.54, 1.807) is 0 Å². The van der Waals surface area contributed by atoms with Gasteiger partial charge in [-0.3, -0.25) is 0 Å². The molecule has 1 fully saturated rings. The molecule has 1 aromatic heterocycles. The molecule has 0 amide bonds. The minimum Gasteiger partial charge on any atom is -0.315 e. The monoisotopic (exact) mass is 263 g/mol. The van der Waals surface area contributed by atoms with Crippen LogP contribution < -0.4 is 0 Å². The third kappa shape index (κ3) is 2.98. The van der Waals surface area contributed by atoms with Gasteiger partial charge in [0.2, 0.25) is 0 Å². The van der Waals surface area contributed by atoms with Crippen LogP contribution in [0.3, 0.4) is 0 Å². The lowest BCUT2D eigenvalue weighted by molar-refractivity contribution is 0.154. The van der Waals surface area contributed by atoms with Gasteiger partial charge in [0.1, 0.15) is 11.6 Å². The maximum Gasteiger partial charge on any atom is 0.134 e. The van der Waals surface area contributed by atoms with Crippen LogP contribution in [0.15, 0.2) is 0 Å². The molecule has 2 aliphatic rings. The largest absolute Gasteiger partial charge is 0.315 e. The highest BCUT2D eigenvalue weighted by molar-refractivity contribution is 5.00. The van der Waals surface area contributed by atoms with Crippen LogP contribution in [-0.2, 0) is 19.4 Å². The quantitative estimate of drug-likeness (QED) is 0.802. The third-order valence-electron chi connectivity index (χ3n) is 4.53. The van der Waals surface area contributed by atoms with Crippen molar-refractivity contribution in [2.45, 2.75) is 32.7 Å². The van der Waals surface area contributed by atoms with Crippen molar-refractivity contribution in [2.24, 2.45) is 5.92 Å². The van der Waals surface area contributed by atoms with E-state index in [9.17, 15) is 0 Å². The van der Waals surface area contributed by atoms with Crippen molar-refractivity contribution in [2.75, 3.05) is 39.8 Å². The van der Waals surface area contributed by atoms with E-state index in [0.717, 1.165) is 31.8 Å². The van der Waals surface area contributed by atoms with Crippen molar-refractivity contribution in [3.8, 4) is 0 Å². The second-order valence-electron chi connectivity index (χ2n) is 6.18. The highest BCUT2D eigenvalue weighted by atomic mass is 15.3.